The van der Waals surface area contributed by atoms with E-state index in [0.29, 0.717) is 5.88 Å². The molecule has 4 heteroatoms. The van der Waals surface area contributed by atoms with Crippen molar-refractivity contribution in [2.75, 3.05) is 12.4 Å². The highest BCUT2D eigenvalue weighted by atomic mass is 16.5. The van der Waals surface area contributed by atoms with Crippen molar-refractivity contribution in [3.8, 4) is 11.6 Å². The lowest BCUT2D eigenvalue weighted by atomic mass is 10.1. The summed E-state index contributed by atoms with van der Waals surface area (Å²) in [5.74, 6) is 2.95. The Hall–Kier alpha value is -2.10. The lowest BCUT2D eigenvalue weighted by Gasteiger charge is -2.11. The molecule has 0 bridgehead atoms. The van der Waals surface area contributed by atoms with Crippen LogP contribution in [0.3, 0.4) is 0 Å². The Kier molecular flexibility index (Phi) is 4.00. The van der Waals surface area contributed by atoms with Crippen LogP contribution in [0.25, 0.3) is 0 Å². The Balaban J connectivity index is 2.34. The van der Waals surface area contributed by atoms with Crippen LogP contribution < -0.4 is 10.1 Å². The zero-order valence-corrected chi connectivity index (χ0v) is 11.8. The summed E-state index contributed by atoms with van der Waals surface area (Å²) in [7, 11) is 1.84. The summed E-state index contributed by atoms with van der Waals surface area (Å²) in [4.78, 5) is 8.74. The van der Waals surface area contributed by atoms with E-state index in [2.05, 4.69) is 28.3 Å². The van der Waals surface area contributed by atoms with Crippen LogP contribution in [0.15, 0.2) is 24.3 Å². The van der Waals surface area contributed by atoms with Gasteiger partial charge < -0.3 is 10.1 Å². The number of anilines is 1. The maximum absolute atomic E-state index is 5.88. The van der Waals surface area contributed by atoms with Crippen molar-refractivity contribution in [1.82, 2.24) is 9.97 Å². The molecule has 1 aromatic carbocycles. The number of aryl methyl sites for hydroxylation is 2. The molecular formula is C15H19N3O. The van der Waals surface area contributed by atoms with E-state index in [-0.39, 0.29) is 0 Å². The SMILES string of the molecule is CCc1nc(NC)cc(Oc2cccc(C)c2C)n1. The van der Waals surface area contributed by atoms with Crippen LogP contribution in [0.2, 0.25) is 0 Å². The van der Waals surface area contributed by atoms with Gasteiger partial charge in [0.1, 0.15) is 17.4 Å². The minimum Gasteiger partial charge on any atom is -0.439 e. The van der Waals surface area contributed by atoms with Crippen LogP contribution in [0.5, 0.6) is 11.6 Å². The second-order valence-corrected chi connectivity index (χ2v) is 4.41. The molecule has 0 atom stereocenters. The number of rotatable bonds is 4. The molecular weight excluding hydrogens is 238 g/mol. The zero-order chi connectivity index (χ0) is 13.8. The molecule has 1 heterocycles. The Morgan fingerprint density at radius 1 is 1.21 bits per heavy atom. The summed E-state index contributed by atoms with van der Waals surface area (Å²) in [6.07, 6.45) is 0.776. The van der Waals surface area contributed by atoms with Crippen molar-refractivity contribution in [3.05, 3.63) is 41.2 Å². The maximum Gasteiger partial charge on any atom is 0.224 e. The number of aromatic nitrogens is 2. The number of nitrogens with one attached hydrogen (secondary N) is 1. The van der Waals surface area contributed by atoms with Crippen LogP contribution in [0.1, 0.15) is 23.9 Å². The van der Waals surface area contributed by atoms with Gasteiger partial charge >= 0.3 is 0 Å². The summed E-state index contributed by atoms with van der Waals surface area (Å²) < 4.78 is 5.88. The van der Waals surface area contributed by atoms with Gasteiger partial charge in [-0.05, 0) is 31.0 Å². The van der Waals surface area contributed by atoms with Gasteiger partial charge in [0.05, 0.1) is 0 Å². The average molecular weight is 257 g/mol. The van der Waals surface area contributed by atoms with Gasteiger partial charge in [0.25, 0.3) is 0 Å². The lowest BCUT2D eigenvalue weighted by molar-refractivity contribution is 0.455. The predicted octanol–water partition coefficient (Wildman–Crippen LogP) is 3.49. The van der Waals surface area contributed by atoms with Crippen LogP contribution in [0, 0.1) is 13.8 Å². The Labute approximate surface area is 113 Å². The van der Waals surface area contributed by atoms with Crippen molar-refractivity contribution in [1.29, 1.82) is 0 Å². The normalized spacial score (nSPS) is 10.3. The van der Waals surface area contributed by atoms with E-state index in [0.717, 1.165) is 29.4 Å². The molecule has 2 rings (SSSR count). The fourth-order valence-electron chi connectivity index (χ4n) is 1.76. The van der Waals surface area contributed by atoms with E-state index in [4.69, 9.17) is 4.74 Å². The topological polar surface area (TPSA) is 47.0 Å². The molecule has 1 aromatic heterocycles. The van der Waals surface area contributed by atoms with Gasteiger partial charge in [-0.2, -0.15) is 4.98 Å². The van der Waals surface area contributed by atoms with E-state index in [1.54, 1.807) is 6.07 Å². The summed E-state index contributed by atoms with van der Waals surface area (Å²) >= 11 is 0. The van der Waals surface area contributed by atoms with E-state index in [9.17, 15) is 0 Å². The smallest absolute Gasteiger partial charge is 0.224 e. The minimum absolute atomic E-state index is 0.574. The van der Waals surface area contributed by atoms with Crippen molar-refractivity contribution in [2.45, 2.75) is 27.2 Å². The molecule has 0 amide bonds. The summed E-state index contributed by atoms with van der Waals surface area (Å²) in [6.45, 7) is 6.14. The number of benzene rings is 1. The van der Waals surface area contributed by atoms with Crippen molar-refractivity contribution < 1.29 is 4.74 Å². The van der Waals surface area contributed by atoms with Gasteiger partial charge in [-0.15, -0.1) is 0 Å². The third-order valence-corrected chi connectivity index (χ3v) is 3.09. The standard InChI is InChI=1S/C15H19N3O/c1-5-13-17-14(16-4)9-15(18-13)19-12-8-6-7-10(2)11(12)3/h6-9H,5H2,1-4H3,(H,16,17,18). The average Bonchev–Trinajstić information content (AvgIpc) is 2.43. The molecule has 0 saturated carbocycles. The van der Waals surface area contributed by atoms with Gasteiger partial charge in [-0.1, -0.05) is 19.1 Å². The molecule has 4 nitrogen and oxygen atoms in total. The third-order valence-electron chi connectivity index (χ3n) is 3.09. The van der Waals surface area contributed by atoms with Crippen molar-refractivity contribution >= 4 is 5.82 Å². The summed E-state index contributed by atoms with van der Waals surface area (Å²) in [5.41, 5.74) is 2.33. The number of hydrogen-bond donors (Lipinski definition) is 1. The molecule has 0 saturated heterocycles. The van der Waals surface area contributed by atoms with Crippen molar-refractivity contribution in [3.63, 3.8) is 0 Å². The minimum atomic E-state index is 0.574. The first kappa shape index (κ1) is 13.3. The van der Waals surface area contributed by atoms with Crippen LogP contribution >= 0.6 is 0 Å². The highest BCUT2D eigenvalue weighted by Gasteiger charge is 2.07. The van der Waals surface area contributed by atoms with Gasteiger partial charge in [0.15, 0.2) is 0 Å². The second-order valence-electron chi connectivity index (χ2n) is 4.41. The quantitative estimate of drug-likeness (QED) is 0.910. The van der Waals surface area contributed by atoms with Crippen LogP contribution in [-0.4, -0.2) is 17.0 Å². The van der Waals surface area contributed by atoms with Gasteiger partial charge in [0, 0.05) is 19.5 Å². The van der Waals surface area contributed by atoms with Crippen LogP contribution in [0.4, 0.5) is 5.82 Å². The molecule has 0 aliphatic rings. The van der Waals surface area contributed by atoms with Gasteiger partial charge in [0.2, 0.25) is 5.88 Å². The van der Waals surface area contributed by atoms with Crippen molar-refractivity contribution in [2.24, 2.45) is 0 Å². The van der Waals surface area contributed by atoms with E-state index >= 15 is 0 Å². The Morgan fingerprint density at radius 2 is 2.00 bits per heavy atom. The van der Waals surface area contributed by atoms with Gasteiger partial charge in [-0.25, -0.2) is 4.98 Å². The second kappa shape index (κ2) is 5.69. The number of ether oxygens (including phenoxy) is 1. The molecule has 0 fully saturated rings. The lowest BCUT2D eigenvalue weighted by Crippen LogP contribution is -2.01. The molecule has 0 aliphatic heterocycles. The first-order chi connectivity index (χ1) is 9.13. The molecule has 0 aliphatic carbocycles. The first-order valence-corrected chi connectivity index (χ1v) is 6.43. The van der Waals surface area contributed by atoms with E-state index in [1.165, 1.54) is 5.56 Å². The largest absolute Gasteiger partial charge is 0.439 e. The highest BCUT2D eigenvalue weighted by molar-refractivity contribution is 5.43. The third kappa shape index (κ3) is 3.02. The molecule has 2 aromatic rings. The Bertz CT molecular complexity index is 559. The fraction of sp³-hybridized carbons (Fsp3) is 0.333. The number of nitrogens with zero attached hydrogens (tertiary/aromatic N) is 2. The molecule has 0 unspecified atom stereocenters. The van der Waals surface area contributed by atoms with E-state index in [1.807, 2.05) is 33.0 Å². The van der Waals surface area contributed by atoms with E-state index < -0.39 is 0 Å². The van der Waals surface area contributed by atoms with Gasteiger partial charge in [-0.3, -0.25) is 0 Å². The monoisotopic (exact) mass is 257 g/mol. The zero-order valence-electron chi connectivity index (χ0n) is 11.8. The first-order valence-electron chi connectivity index (χ1n) is 6.43. The molecule has 0 radical (unpaired) electrons. The number of hydrogen-bond acceptors (Lipinski definition) is 4. The van der Waals surface area contributed by atoms with Crippen LogP contribution in [-0.2, 0) is 6.42 Å². The molecule has 100 valence electrons. The fourth-order valence-corrected chi connectivity index (χ4v) is 1.76. The molecule has 19 heavy (non-hydrogen) atoms. The summed E-state index contributed by atoms with van der Waals surface area (Å²) in [6, 6.07) is 7.81. The predicted molar refractivity (Wildman–Crippen MR) is 76.9 cm³/mol. The Morgan fingerprint density at radius 3 is 2.68 bits per heavy atom. The molecule has 1 N–H and O–H groups in total. The highest BCUT2D eigenvalue weighted by Crippen LogP contribution is 2.26. The maximum atomic E-state index is 5.88. The summed E-state index contributed by atoms with van der Waals surface area (Å²) in [5, 5.41) is 3.02. The molecule has 0 spiro atoms.